The van der Waals surface area contributed by atoms with Crippen LogP contribution in [0.4, 0.5) is 4.39 Å². The van der Waals surface area contributed by atoms with Crippen molar-refractivity contribution in [3.8, 4) is 0 Å². The fourth-order valence-electron chi connectivity index (χ4n) is 2.43. The molecule has 0 bridgehead atoms. The van der Waals surface area contributed by atoms with E-state index in [1.54, 1.807) is 12.1 Å². The summed E-state index contributed by atoms with van der Waals surface area (Å²) in [7, 11) is 0. The first-order valence-electron chi connectivity index (χ1n) is 6.71. The molecule has 0 aliphatic heterocycles. The summed E-state index contributed by atoms with van der Waals surface area (Å²) in [5.41, 5.74) is 2.02. The third-order valence-electron chi connectivity index (χ3n) is 3.36. The Morgan fingerprint density at radius 3 is 2.11 bits per heavy atom. The molecule has 2 atom stereocenters. The molecule has 0 aliphatic carbocycles. The third-order valence-corrected chi connectivity index (χ3v) is 3.36. The topological polar surface area (TPSA) is 20.2 Å². The minimum Gasteiger partial charge on any atom is -0.392 e. The average molecular weight is 258 g/mol. The van der Waals surface area contributed by atoms with Crippen molar-refractivity contribution in [3.63, 3.8) is 0 Å². The van der Waals surface area contributed by atoms with Crippen LogP contribution >= 0.6 is 0 Å². The second-order valence-electron chi connectivity index (χ2n) is 4.80. The molecule has 2 aromatic rings. The smallest absolute Gasteiger partial charge is 0.123 e. The van der Waals surface area contributed by atoms with E-state index in [0.29, 0.717) is 0 Å². The van der Waals surface area contributed by atoms with E-state index >= 15 is 0 Å². The Morgan fingerprint density at radius 2 is 1.53 bits per heavy atom. The maximum absolute atomic E-state index is 13.0. The predicted octanol–water partition coefficient (Wildman–Crippen LogP) is 4.12. The zero-order valence-electron chi connectivity index (χ0n) is 11.1. The number of rotatable bonds is 5. The first kappa shape index (κ1) is 13.8. The summed E-state index contributed by atoms with van der Waals surface area (Å²) in [5.74, 6) is -0.345. The van der Waals surface area contributed by atoms with Crippen LogP contribution in [0.5, 0.6) is 0 Å². The van der Waals surface area contributed by atoms with Crippen LogP contribution < -0.4 is 0 Å². The highest BCUT2D eigenvalue weighted by Crippen LogP contribution is 2.30. The zero-order chi connectivity index (χ0) is 13.7. The van der Waals surface area contributed by atoms with Gasteiger partial charge in [-0.25, -0.2) is 4.39 Å². The molecule has 0 heterocycles. The Bertz CT molecular complexity index is 492. The van der Waals surface area contributed by atoms with Crippen LogP contribution in [0.15, 0.2) is 54.6 Å². The number of aliphatic hydroxyl groups excluding tert-OH is 1. The highest BCUT2D eigenvalue weighted by Gasteiger charge is 2.22. The highest BCUT2D eigenvalue weighted by atomic mass is 19.1. The van der Waals surface area contributed by atoms with Gasteiger partial charge in [-0.3, -0.25) is 0 Å². The van der Waals surface area contributed by atoms with Gasteiger partial charge in [-0.15, -0.1) is 0 Å². The third kappa shape index (κ3) is 3.42. The normalized spacial score (nSPS) is 14.1. The van der Waals surface area contributed by atoms with E-state index in [2.05, 4.69) is 6.92 Å². The molecule has 0 aliphatic rings. The van der Waals surface area contributed by atoms with Gasteiger partial charge in [0.1, 0.15) is 5.82 Å². The summed E-state index contributed by atoms with van der Waals surface area (Å²) in [6.07, 6.45) is 1.21. The van der Waals surface area contributed by atoms with Gasteiger partial charge in [0.25, 0.3) is 0 Å². The van der Waals surface area contributed by atoms with Gasteiger partial charge in [0.05, 0.1) is 6.10 Å². The van der Waals surface area contributed by atoms with Crippen LogP contribution in [0, 0.1) is 5.82 Å². The number of benzene rings is 2. The molecule has 0 saturated heterocycles. The molecule has 0 aromatic heterocycles. The van der Waals surface area contributed by atoms with Crippen molar-refractivity contribution in [3.05, 3.63) is 71.5 Å². The second kappa shape index (κ2) is 6.48. The van der Waals surface area contributed by atoms with Gasteiger partial charge < -0.3 is 5.11 Å². The van der Waals surface area contributed by atoms with Gasteiger partial charge in [0.2, 0.25) is 0 Å². The fraction of sp³-hybridized carbons (Fsp3) is 0.294. The molecule has 100 valence electrons. The lowest BCUT2D eigenvalue weighted by molar-refractivity contribution is 0.145. The van der Waals surface area contributed by atoms with E-state index in [1.165, 1.54) is 12.1 Å². The molecule has 2 unspecified atom stereocenters. The molecular weight excluding hydrogens is 239 g/mol. The Kier molecular flexibility index (Phi) is 4.69. The van der Waals surface area contributed by atoms with E-state index < -0.39 is 6.10 Å². The Hall–Kier alpha value is -1.67. The lowest BCUT2D eigenvalue weighted by Crippen LogP contribution is -2.19. The van der Waals surface area contributed by atoms with Crippen molar-refractivity contribution < 1.29 is 9.50 Å². The molecule has 0 radical (unpaired) electrons. The quantitative estimate of drug-likeness (QED) is 0.855. The van der Waals surface area contributed by atoms with Crippen molar-refractivity contribution in [2.24, 2.45) is 0 Å². The lowest BCUT2D eigenvalue weighted by Gasteiger charge is -2.23. The van der Waals surface area contributed by atoms with Crippen LogP contribution in [-0.4, -0.2) is 11.2 Å². The van der Waals surface area contributed by atoms with Crippen LogP contribution in [0.1, 0.15) is 36.8 Å². The van der Waals surface area contributed by atoms with Crippen molar-refractivity contribution in [2.45, 2.75) is 31.8 Å². The van der Waals surface area contributed by atoms with Crippen LogP contribution in [0.25, 0.3) is 0 Å². The summed E-state index contributed by atoms with van der Waals surface area (Å²) in [5, 5.41) is 10.4. The first-order chi connectivity index (χ1) is 9.22. The van der Waals surface area contributed by atoms with Gasteiger partial charge in [-0.1, -0.05) is 55.8 Å². The predicted molar refractivity (Wildman–Crippen MR) is 75.6 cm³/mol. The van der Waals surface area contributed by atoms with Gasteiger partial charge in [-0.05, 0) is 29.7 Å². The Balaban J connectivity index is 2.37. The van der Waals surface area contributed by atoms with Crippen LogP contribution in [0.2, 0.25) is 0 Å². The first-order valence-corrected chi connectivity index (χ1v) is 6.71. The maximum Gasteiger partial charge on any atom is 0.123 e. The van der Waals surface area contributed by atoms with Crippen molar-refractivity contribution in [1.82, 2.24) is 0 Å². The monoisotopic (exact) mass is 258 g/mol. The Labute approximate surface area is 113 Å². The van der Waals surface area contributed by atoms with Gasteiger partial charge in [-0.2, -0.15) is 0 Å². The Morgan fingerprint density at radius 1 is 0.947 bits per heavy atom. The maximum atomic E-state index is 13.0. The zero-order valence-corrected chi connectivity index (χ0v) is 11.1. The number of hydrogen-bond donors (Lipinski definition) is 1. The molecule has 0 saturated carbocycles. The van der Waals surface area contributed by atoms with E-state index in [0.717, 1.165) is 24.0 Å². The second-order valence-corrected chi connectivity index (χ2v) is 4.80. The van der Waals surface area contributed by atoms with Gasteiger partial charge in [0.15, 0.2) is 0 Å². The number of aliphatic hydroxyl groups is 1. The van der Waals surface area contributed by atoms with Crippen molar-refractivity contribution in [2.75, 3.05) is 0 Å². The molecule has 2 heteroatoms. The van der Waals surface area contributed by atoms with E-state index in [4.69, 9.17) is 0 Å². The lowest BCUT2D eigenvalue weighted by atomic mass is 9.85. The molecular formula is C17H19FO. The number of hydrogen-bond acceptors (Lipinski definition) is 1. The van der Waals surface area contributed by atoms with Gasteiger partial charge in [0, 0.05) is 5.92 Å². The largest absolute Gasteiger partial charge is 0.392 e. The van der Waals surface area contributed by atoms with Gasteiger partial charge >= 0.3 is 0 Å². The molecule has 0 fully saturated rings. The summed E-state index contributed by atoms with van der Waals surface area (Å²) < 4.78 is 13.0. The summed E-state index contributed by atoms with van der Waals surface area (Å²) in [6.45, 7) is 2.05. The molecule has 1 N–H and O–H groups in total. The molecule has 0 amide bonds. The van der Waals surface area contributed by atoms with Crippen molar-refractivity contribution in [1.29, 1.82) is 0 Å². The van der Waals surface area contributed by atoms with E-state index in [-0.39, 0.29) is 11.7 Å². The fourth-order valence-corrected chi connectivity index (χ4v) is 2.43. The van der Waals surface area contributed by atoms with E-state index in [9.17, 15) is 9.50 Å². The van der Waals surface area contributed by atoms with E-state index in [1.807, 2.05) is 30.3 Å². The summed E-state index contributed by atoms with van der Waals surface area (Å²) in [4.78, 5) is 0. The highest BCUT2D eigenvalue weighted by molar-refractivity contribution is 5.33. The molecule has 2 rings (SSSR count). The minimum absolute atomic E-state index is 0.0956. The molecule has 2 aromatic carbocycles. The summed E-state index contributed by atoms with van der Waals surface area (Å²) >= 11 is 0. The molecule has 19 heavy (non-hydrogen) atoms. The van der Waals surface area contributed by atoms with Crippen LogP contribution in [0.3, 0.4) is 0 Å². The summed E-state index contributed by atoms with van der Waals surface area (Å²) in [6, 6.07) is 16.3. The van der Waals surface area contributed by atoms with Crippen molar-refractivity contribution >= 4 is 0 Å². The molecule has 0 spiro atoms. The van der Waals surface area contributed by atoms with Crippen LogP contribution in [-0.2, 0) is 0 Å². The standard InChI is InChI=1S/C17H19FO/c1-2-6-16(19)17(13-7-4-3-5-8-13)14-9-11-15(18)12-10-14/h3-5,7-12,16-17,19H,2,6H2,1H3. The molecule has 1 nitrogen and oxygen atoms in total. The average Bonchev–Trinajstić information content (AvgIpc) is 2.43. The minimum atomic E-state index is -0.446. The number of halogens is 1. The SMILES string of the molecule is CCCC(O)C(c1ccccc1)c1ccc(F)cc1.